The number of carbonyl (C=O) groups is 3. The van der Waals surface area contributed by atoms with Crippen molar-refractivity contribution in [3.63, 3.8) is 0 Å². The predicted molar refractivity (Wildman–Crippen MR) is 81.4 cm³/mol. The maximum atomic E-state index is 11.8. The van der Waals surface area contributed by atoms with E-state index in [0.29, 0.717) is 18.0 Å². The first-order chi connectivity index (χ1) is 10.4. The summed E-state index contributed by atoms with van der Waals surface area (Å²) in [5.74, 6) is -1.07. The maximum absolute atomic E-state index is 11.8. The molecule has 0 saturated carbocycles. The van der Waals surface area contributed by atoms with Crippen molar-refractivity contribution in [1.82, 2.24) is 0 Å². The number of benzene rings is 1. The number of hydrogen-bond acceptors (Lipinski definition) is 5. The Morgan fingerprint density at radius 1 is 1.18 bits per heavy atom. The monoisotopic (exact) mass is 307 g/mol. The summed E-state index contributed by atoms with van der Waals surface area (Å²) in [5, 5.41) is 2.53. The molecule has 22 heavy (non-hydrogen) atoms. The van der Waals surface area contributed by atoms with Crippen LogP contribution in [0.3, 0.4) is 0 Å². The summed E-state index contributed by atoms with van der Waals surface area (Å²) in [6.07, 6.45) is 0.995. The second kappa shape index (κ2) is 8.81. The summed E-state index contributed by atoms with van der Waals surface area (Å²) < 4.78 is 9.52. The van der Waals surface area contributed by atoms with E-state index in [4.69, 9.17) is 4.74 Å². The first kappa shape index (κ1) is 17.7. The molecule has 1 aromatic carbocycles. The molecule has 0 bridgehead atoms. The van der Waals surface area contributed by atoms with Crippen molar-refractivity contribution < 1.29 is 23.9 Å². The number of carbonyl (C=O) groups excluding carboxylic acids is 3. The highest BCUT2D eigenvalue weighted by Gasteiger charge is 2.14. The van der Waals surface area contributed by atoms with Gasteiger partial charge in [-0.25, -0.2) is 4.79 Å². The Labute approximate surface area is 129 Å². The van der Waals surface area contributed by atoms with Crippen LogP contribution in [0.1, 0.15) is 37.0 Å². The number of ether oxygens (including phenoxy) is 2. The average Bonchev–Trinajstić information content (AvgIpc) is 2.50. The average molecular weight is 307 g/mol. The second-order valence-corrected chi connectivity index (χ2v) is 5.18. The van der Waals surface area contributed by atoms with Gasteiger partial charge >= 0.3 is 11.9 Å². The van der Waals surface area contributed by atoms with Crippen LogP contribution in [0.2, 0.25) is 0 Å². The smallest absolute Gasteiger partial charge is 0.339 e. The van der Waals surface area contributed by atoms with Crippen LogP contribution in [0, 0.1) is 5.92 Å². The van der Waals surface area contributed by atoms with Crippen LogP contribution < -0.4 is 5.32 Å². The van der Waals surface area contributed by atoms with E-state index in [9.17, 15) is 14.4 Å². The number of para-hydroxylation sites is 1. The lowest BCUT2D eigenvalue weighted by Crippen LogP contribution is -2.22. The summed E-state index contributed by atoms with van der Waals surface area (Å²) in [6, 6.07) is 6.45. The molecule has 1 amide bonds. The predicted octanol–water partition coefficient (Wildman–Crippen LogP) is 2.39. The number of amides is 1. The van der Waals surface area contributed by atoms with E-state index in [1.54, 1.807) is 18.2 Å². The number of rotatable bonds is 7. The lowest BCUT2D eigenvalue weighted by Gasteiger charge is -2.10. The van der Waals surface area contributed by atoms with Crippen LogP contribution in [-0.2, 0) is 19.1 Å². The van der Waals surface area contributed by atoms with Gasteiger partial charge in [0.05, 0.1) is 18.4 Å². The Morgan fingerprint density at radius 2 is 1.86 bits per heavy atom. The lowest BCUT2D eigenvalue weighted by atomic mass is 10.1. The van der Waals surface area contributed by atoms with Crippen molar-refractivity contribution >= 4 is 23.5 Å². The van der Waals surface area contributed by atoms with E-state index >= 15 is 0 Å². The Kier molecular flexibility index (Phi) is 7.08. The summed E-state index contributed by atoms with van der Waals surface area (Å²) in [6.45, 7) is 3.62. The second-order valence-electron chi connectivity index (χ2n) is 5.18. The Hall–Kier alpha value is -2.37. The van der Waals surface area contributed by atoms with Gasteiger partial charge in [-0.2, -0.15) is 0 Å². The molecule has 0 radical (unpaired) electrons. The number of nitrogens with one attached hydrogen (secondary N) is 1. The van der Waals surface area contributed by atoms with Gasteiger partial charge in [-0.15, -0.1) is 0 Å². The highest BCUT2D eigenvalue weighted by Crippen LogP contribution is 2.15. The number of esters is 2. The minimum Gasteiger partial charge on any atom is -0.465 e. The molecule has 0 fully saturated rings. The van der Waals surface area contributed by atoms with Gasteiger partial charge in [0.1, 0.15) is 0 Å². The third-order valence-electron chi connectivity index (χ3n) is 2.90. The van der Waals surface area contributed by atoms with Gasteiger partial charge in [0, 0.05) is 6.42 Å². The quantitative estimate of drug-likeness (QED) is 0.782. The summed E-state index contributed by atoms with van der Waals surface area (Å²) >= 11 is 0. The summed E-state index contributed by atoms with van der Waals surface area (Å²) in [7, 11) is 1.26. The molecule has 0 heterocycles. The van der Waals surface area contributed by atoms with Crippen LogP contribution in [-0.4, -0.2) is 31.6 Å². The zero-order chi connectivity index (χ0) is 16.5. The third-order valence-corrected chi connectivity index (χ3v) is 2.90. The molecule has 0 aromatic heterocycles. The van der Waals surface area contributed by atoms with Gasteiger partial charge in [0.2, 0.25) is 0 Å². The van der Waals surface area contributed by atoms with Crippen molar-refractivity contribution in [3.8, 4) is 0 Å². The van der Waals surface area contributed by atoms with Gasteiger partial charge in [-0.1, -0.05) is 26.0 Å². The van der Waals surface area contributed by atoms with Crippen LogP contribution in [0.4, 0.5) is 5.69 Å². The third kappa shape index (κ3) is 5.95. The van der Waals surface area contributed by atoms with E-state index in [1.807, 2.05) is 13.8 Å². The zero-order valence-corrected chi connectivity index (χ0v) is 13.0. The van der Waals surface area contributed by atoms with Gasteiger partial charge in [-0.05, 0) is 24.5 Å². The molecular formula is C16H21NO5. The molecule has 1 aromatic rings. The minimum atomic E-state index is -0.551. The Morgan fingerprint density at radius 3 is 2.50 bits per heavy atom. The first-order valence-electron chi connectivity index (χ1n) is 7.06. The lowest BCUT2D eigenvalue weighted by molar-refractivity contribution is -0.147. The largest absolute Gasteiger partial charge is 0.465 e. The van der Waals surface area contributed by atoms with Crippen LogP contribution in [0.25, 0.3) is 0 Å². The molecule has 0 atom stereocenters. The minimum absolute atomic E-state index is 0.240. The van der Waals surface area contributed by atoms with Crippen LogP contribution in [0.5, 0.6) is 0 Å². The summed E-state index contributed by atoms with van der Waals surface area (Å²) in [4.78, 5) is 34.8. The SMILES string of the molecule is COC(=O)c1ccccc1NC(=O)COC(=O)CCC(C)C. The normalized spacial score (nSPS) is 10.2. The molecule has 0 aliphatic rings. The van der Waals surface area contributed by atoms with Gasteiger partial charge in [0.15, 0.2) is 6.61 Å². The van der Waals surface area contributed by atoms with E-state index in [2.05, 4.69) is 10.1 Å². The highest BCUT2D eigenvalue weighted by molar-refractivity contribution is 6.01. The van der Waals surface area contributed by atoms with Crippen molar-refractivity contribution in [3.05, 3.63) is 29.8 Å². The van der Waals surface area contributed by atoms with E-state index in [-0.39, 0.29) is 18.6 Å². The maximum Gasteiger partial charge on any atom is 0.339 e. The molecule has 6 heteroatoms. The van der Waals surface area contributed by atoms with E-state index in [0.717, 1.165) is 0 Å². The van der Waals surface area contributed by atoms with Crippen molar-refractivity contribution in [2.24, 2.45) is 5.92 Å². The van der Waals surface area contributed by atoms with E-state index in [1.165, 1.54) is 13.2 Å². The molecular weight excluding hydrogens is 286 g/mol. The van der Waals surface area contributed by atoms with Gasteiger partial charge in [-0.3, -0.25) is 9.59 Å². The van der Waals surface area contributed by atoms with Gasteiger partial charge < -0.3 is 14.8 Å². The molecule has 6 nitrogen and oxygen atoms in total. The topological polar surface area (TPSA) is 81.7 Å². The Balaban J connectivity index is 2.52. The summed E-state index contributed by atoms with van der Waals surface area (Å²) in [5.41, 5.74) is 0.557. The fourth-order valence-electron chi connectivity index (χ4n) is 1.69. The molecule has 0 aliphatic carbocycles. The number of methoxy groups -OCH3 is 1. The molecule has 120 valence electrons. The van der Waals surface area contributed by atoms with Gasteiger partial charge in [0.25, 0.3) is 5.91 Å². The molecule has 1 N–H and O–H groups in total. The highest BCUT2D eigenvalue weighted by atomic mass is 16.5. The van der Waals surface area contributed by atoms with Crippen molar-refractivity contribution in [2.75, 3.05) is 19.0 Å². The van der Waals surface area contributed by atoms with Crippen molar-refractivity contribution in [2.45, 2.75) is 26.7 Å². The standard InChI is InChI=1S/C16H21NO5/c1-11(2)8-9-15(19)22-10-14(18)17-13-7-5-4-6-12(13)16(20)21-3/h4-7,11H,8-10H2,1-3H3,(H,17,18). The number of hydrogen-bond donors (Lipinski definition) is 1. The van der Waals surface area contributed by atoms with Crippen LogP contribution in [0.15, 0.2) is 24.3 Å². The Bertz CT molecular complexity index is 539. The van der Waals surface area contributed by atoms with E-state index < -0.39 is 17.8 Å². The van der Waals surface area contributed by atoms with Crippen molar-refractivity contribution in [1.29, 1.82) is 0 Å². The molecule has 0 saturated heterocycles. The van der Waals surface area contributed by atoms with Crippen LogP contribution >= 0.6 is 0 Å². The molecule has 0 spiro atoms. The fraction of sp³-hybridized carbons (Fsp3) is 0.438. The first-order valence-corrected chi connectivity index (χ1v) is 7.06. The molecule has 0 aliphatic heterocycles. The molecule has 1 rings (SSSR count). The zero-order valence-electron chi connectivity index (χ0n) is 13.0. The number of anilines is 1. The fourth-order valence-corrected chi connectivity index (χ4v) is 1.69. The molecule has 0 unspecified atom stereocenters.